The van der Waals surface area contributed by atoms with Gasteiger partial charge in [-0.2, -0.15) is 0 Å². The molecule has 0 aliphatic rings. The van der Waals surface area contributed by atoms with Crippen LogP contribution in [0.4, 0.5) is 0 Å². The molecule has 0 radical (unpaired) electrons. The Balaban J connectivity index is 2.33. The molecule has 0 aliphatic heterocycles. The lowest BCUT2D eigenvalue weighted by atomic mass is 10.1. The van der Waals surface area contributed by atoms with Gasteiger partial charge in [-0.3, -0.25) is 9.59 Å². The Morgan fingerprint density at radius 1 is 1.21 bits per heavy atom. The van der Waals surface area contributed by atoms with Gasteiger partial charge in [0.1, 0.15) is 5.75 Å². The molecule has 0 bridgehead atoms. The van der Waals surface area contributed by atoms with Gasteiger partial charge >= 0.3 is 5.97 Å². The monoisotopic (exact) mass is 265 g/mol. The summed E-state index contributed by atoms with van der Waals surface area (Å²) in [6.45, 7) is 2.83. The summed E-state index contributed by atoms with van der Waals surface area (Å²) < 4.78 is 9.80. The Morgan fingerprint density at radius 2 is 1.89 bits per heavy atom. The van der Waals surface area contributed by atoms with Gasteiger partial charge in [-0.25, -0.2) is 0 Å². The number of hydrogen-bond donors (Lipinski definition) is 1. The van der Waals surface area contributed by atoms with E-state index in [4.69, 9.17) is 4.74 Å². The standard InChI is InChI=1S/C14H19NO4/c1-3-19-12-6-4-11(5-7-12)10-13(16)15-9-8-14(17)18-2/h4-7H,3,8-10H2,1-2H3,(H,15,16). The first kappa shape index (κ1) is 15.0. The number of ether oxygens (including phenoxy) is 2. The van der Waals surface area contributed by atoms with E-state index in [1.165, 1.54) is 7.11 Å². The van der Waals surface area contributed by atoms with Crippen LogP contribution in [0.2, 0.25) is 0 Å². The van der Waals surface area contributed by atoms with Crippen LogP contribution in [-0.4, -0.2) is 32.1 Å². The molecule has 5 heteroatoms. The van der Waals surface area contributed by atoms with Crippen molar-refractivity contribution in [3.05, 3.63) is 29.8 Å². The fourth-order valence-electron chi connectivity index (χ4n) is 1.52. The van der Waals surface area contributed by atoms with Crippen molar-refractivity contribution in [1.29, 1.82) is 0 Å². The van der Waals surface area contributed by atoms with Crippen molar-refractivity contribution in [2.24, 2.45) is 0 Å². The van der Waals surface area contributed by atoms with Crippen molar-refractivity contribution < 1.29 is 19.1 Å². The van der Waals surface area contributed by atoms with E-state index < -0.39 is 0 Å². The van der Waals surface area contributed by atoms with Crippen molar-refractivity contribution in [1.82, 2.24) is 5.32 Å². The highest BCUT2D eigenvalue weighted by Crippen LogP contribution is 2.12. The molecule has 0 aliphatic carbocycles. The number of esters is 1. The smallest absolute Gasteiger partial charge is 0.307 e. The number of hydrogen-bond acceptors (Lipinski definition) is 4. The van der Waals surface area contributed by atoms with Crippen molar-refractivity contribution >= 4 is 11.9 Å². The quantitative estimate of drug-likeness (QED) is 0.755. The number of carbonyl (C=O) groups is 2. The highest BCUT2D eigenvalue weighted by Gasteiger charge is 2.05. The molecular weight excluding hydrogens is 246 g/mol. The van der Waals surface area contributed by atoms with E-state index >= 15 is 0 Å². The van der Waals surface area contributed by atoms with Gasteiger partial charge in [0.2, 0.25) is 5.91 Å². The Hall–Kier alpha value is -2.04. The maximum absolute atomic E-state index is 11.6. The van der Waals surface area contributed by atoms with Crippen molar-refractivity contribution in [2.75, 3.05) is 20.3 Å². The van der Waals surface area contributed by atoms with Gasteiger partial charge in [-0.15, -0.1) is 0 Å². The summed E-state index contributed by atoms with van der Waals surface area (Å²) in [6.07, 6.45) is 0.471. The average Bonchev–Trinajstić information content (AvgIpc) is 2.41. The first-order valence-corrected chi connectivity index (χ1v) is 6.21. The lowest BCUT2D eigenvalue weighted by molar-refractivity contribution is -0.140. The van der Waals surface area contributed by atoms with Crippen molar-refractivity contribution in [3.63, 3.8) is 0 Å². The Bertz CT molecular complexity index is 414. The molecule has 1 aromatic carbocycles. The van der Waals surface area contributed by atoms with E-state index in [-0.39, 0.29) is 24.7 Å². The minimum atomic E-state index is -0.332. The number of carbonyl (C=O) groups excluding carboxylic acids is 2. The highest BCUT2D eigenvalue weighted by molar-refractivity contribution is 5.79. The predicted molar refractivity (Wildman–Crippen MR) is 71.0 cm³/mol. The largest absolute Gasteiger partial charge is 0.494 e. The maximum atomic E-state index is 11.6. The van der Waals surface area contributed by atoms with Gasteiger partial charge in [0.05, 0.1) is 26.6 Å². The third-order valence-electron chi connectivity index (χ3n) is 2.48. The zero-order valence-corrected chi connectivity index (χ0v) is 11.3. The average molecular weight is 265 g/mol. The Labute approximate surface area is 112 Å². The van der Waals surface area contributed by atoms with Crippen LogP contribution in [-0.2, 0) is 20.7 Å². The van der Waals surface area contributed by atoms with Crippen LogP contribution in [0.25, 0.3) is 0 Å². The minimum Gasteiger partial charge on any atom is -0.494 e. The van der Waals surface area contributed by atoms with E-state index in [1.807, 2.05) is 31.2 Å². The summed E-state index contributed by atoms with van der Waals surface area (Å²) in [7, 11) is 1.32. The third-order valence-corrected chi connectivity index (χ3v) is 2.48. The van der Waals surface area contributed by atoms with E-state index in [2.05, 4.69) is 10.1 Å². The van der Waals surface area contributed by atoms with Gasteiger partial charge < -0.3 is 14.8 Å². The summed E-state index contributed by atoms with van der Waals surface area (Å²) in [5, 5.41) is 2.67. The van der Waals surface area contributed by atoms with Gasteiger partial charge in [-0.1, -0.05) is 12.1 Å². The topological polar surface area (TPSA) is 64.6 Å². The van der Waals surface area contributed by atoms with Gasteiger partial charge in [0.25, 0.3) is 0 Å². The van der Waals surface area contributed by atoms with Gasteiger partial charge in [0, 0.05) is 6.54 Å². The van der Waals surface area contributed by atoms with Crippen LogP contribution in [0.3, 0.4) is 0 Å². The summed E-state index contributed by atoms with van der Waals surface area (Å²) >= 11 is 0. The van der Waals surface area contributed by atoms with Crippen molar-refractivity contribution in [2.45, 2.75) is 19.8 Å². The number of nitrogens with one attached hydrogen (secondary N) is 1. The molecule has 5 nitrogen and oxygen atoms in total. The second kappa shape index (κ2) is 8.13. The molecule has 0 saturated heterocycles. The Kier molecular flexibility index (Phi) is 6.43. The molecule has 1 rings (SSSR count). The van der Waals surface area contributed by atoms with E-state index in [1.54, 1.807) is 0 Å². The van der Waals surface area contributed by atoms with Gasteiger partial charge in [-0.05, 0) is 24.6 Å². The summed E-state index contributed by atoms with van der Waals surface area (Å²) in [5.74, 6) is 0.340. The zero-order valence-electron chi connectivity index (χ0n) is 11.3. The molecule has 1 N–H and O–H groups in total. The van der Waals surface area contributed by atoms with E-state index in [0.29, 0.717) is 13.2 Å². The van der Waals surface area contributed by atoms with E-state index in [9.17, 15) is 9.59 Å². The van der Waals surface area contributed by atoms with Gasteiger partial charge in [0.15, 0.2) is 0 Å². The lowest BCUT2D eigenvalue weighted by Gasteiger charge is -2.06. The van der Waals surface area contributed by atoms with E-state index in [0.717, 1.165) is 11.3 Å². The SMILES string of the molecule is CCOc1ccc(CC(=O)NCCC(=O)OC)cc1. The Morgan fingerprint density at radius 3 is 2.47 bits per heavy atom. The molecule has 0 aromatic heterocycles. The molecule has 0 unspecified atom stereocenters. The normalized spacial score (nSPS) is 9.79. The fourth-order valence-corrected chi connectivity index (χ4v) is 1.52. The summed E-state index contributed by atoms with van der Waals surface area (Å²) in [4.78, 5) is 22.5. The van der Waals surface area contributed by atoms with Crippen LogP contribution in [0, 0.1) is 0 Å². The second-order valence-corrected chi connectivity index (χ2v) is 3.93. The number of benzene rings is 1. The van der Waals surface area contributed by atoms with Crippen LogP contribution >= 0.6 is 0 Å². The number of rotatable bonds is 7. The lowest BCUT2D eigenvalue weighted by Crippen LogP contribution is -2.27. The number of amides is 1. The molecule has 0 heterocycles. The fraction of sp³-hybridized carbons (Fsp3) is 0.429. The first-order valence-electron chi connectivity index (χ1n) is 6.21. The first-order chi connectivity index (χ1) is 9.15. The van der Waals surface area contributed by atoms with Crippen LogP contribution in [0.5, 0.6) is 5.75 Å². The van der Waals surface area contributed by atoms with Crippen LogP contribution < -0.4 is 10.1 Å². The second-order valence-electron chi connectivity index (χ2n) is 3.93. The molecule has 1 aromatic rings. The molecule has 104 valence electrons. The maximum Gasteiger partial charge on any atom is 0.307 e. The van der Waals surface area contributed by atoms with Crippen molar-refractivity contribution in [3.8, 4) is 5.75 Å². The van der Waals surface area contributed by atoms with Crippen LogP contribution in [0.1, 0.15) is 18.9 Å². The predicted octanol–water partition coefficient (Wildman–Crippen LogP) is 1.31. The molecule has 0 fully saturated rings. The summed E-state index contributed by atoms with van der Waals surface area (Å²) in [5.41, 5.74) is 0.902. The molecule has 19 heavy (non-hydrogen) atoms. The molecule has 0 atom stereocenters. The highest BCUT2D eigenvalue weighted by atomic mass is 16.5. The molecule has 0 spiro atoms. The van der Waals surface area contributed by atoms with Crippen LogP contribution in [0.15, 0.2) is 24.3 Å². The summed E-state index contributed by atoms with van der Waals surface area (Å²) in [6, 6.07) is 7.37. The molecule has 1 amide bonds. The molecular formula is C14H19NO4. The minimum absolute atomic E-state index is 0.118. The third kappa shape index (κ3) is 5.90. The zero-order chi connectivity index (χ0) is 14.1. The molecule has 0 saturated carbocycles. The number of methoxy groups -OCH3 is 1.